The third-order valence-corrected chi connectivity index (χ3v) is 4.67. The number of ketones is 1. The highest BCUT2D eigenvalue weighted by Crippen LogP contribution is 2.39. The number of Topliss-reactive ketones (excluding diaryl/α,β-unsaturated/α-hetero) is 1. The number of hydrogen-bond donors (Lipinski definition) is 1. The lowest BCUT2D eigenvalue weighted by Gasteiger charge is -2.36. The number of allylic oxidation sites excluding steroid dienone is 1. The first-order chi connectivity index (χ1) is 11.7. The second kappa shape index (κ2) is 6.27. The molecule has 130 valence electrons. The molecule has 2 heteroatoms. The number of rotatable bonds is 3. The Morgan fingerprint density at radius 1 is 0.920 bits per heavy atom. The summed E-state index contributed by atoms with van der Waals surface area (Å²) in [6, 6.07) is 18.1. The van der Waals surface area contributed by atoms with Gasteiger partial charge in [-0.1, -0.05) is 74.5 Å². The van der Waals surface area contributed by atoms with Crippen molar-refractivity contribution >= 4 is 5.78 Å². The van der Waals surface area contributed by atoms with Crippen LogP contribution in [0.4, 0.5) is 0 Å². The van der Waals surface area contributed by atoms with Gasteiger partial charge < -0.3 is 5.32 Å². The molecular weight excluding hydrogens is 306 g/mol. The van der Waals surface area contributed by atoms with Gasteiger partial charge >= 0.3 is 0 Å². The second-order valence-corrected chi connectivity index (χ2v) is 8.43. The van der Waals surface area contributed by atoms with Crippen molar-refractivity contribution in [3.05, 3.63) is 82.9 Å². The summed E-state index contributed by atoms with van der Waals surface area (Å²) >= 11 is 0. The van der Waals surface area contributed by atoms with Crippen LogP contribution in [-0.2, 0) is 5.41 Å². The molecule has 2 aromatic rings. The average molecular weight is 333 g/mol. The van der Waals surface area contributed by atoms with E-state index in [2.05, 4.69) is 64.2 Å². The van der Waals surface area contributed by atoms with Crippen molar-refractivity contribution in [2.45, 2.75) is 51.6 Å². The fourth-order valence-corrected chi connectivity index (χ4v) is 3.56. The molecule has 1 N–H and O–H groups in total. The normalized spacial score (nSPS) is 17.6. The van der Waals surface area contributed by atoms with E-state index >= 15 is 0 Å². The molecule has 0 radical (unpaired) electrons. The Labute approximate surface area is 151 Å². The zero-order valence-corrected chi connectivity index (χ0v) is 15.8. The highest BCUT2D eigenvalue weighted by Gasteiger charge is 2.36. The van der Waals surface area contributed by atoms with Crippen LogP contribution < -0.4 is 5.32 Å². The molecule has 0 saturated carbocycles. The summed E-state index contributed by atoms with van der Waals surface area (Å²) < 4.78 is 0. The summed E-state index contributed by atoms with van der Waals surface area (Å²) in [6.07, 6.45) is 2.15. The van der Waals surface area contributed by atoms with Crippen molar-refractivity contribution in [3.63, 3.8) is 0 Å². The second-order valence-electron chi connectivity index (χ2n) is 8.43. The Kier molecular flexibility index (Phi) is 4.42. The van der Waals surface area contributed by atoms with Gasteiger partial charge in [-0.05, 0) is 31.9 Å². The van der Waals surface area contributed by atoms with Gasteiger partial charge in [-0.3, -0.25) is 4.79 Å². The van der Waals surface area contributed by atoms with Crippen LogP contribution in [0.2, 0.25) is 0 Å². The molecule has 1 aliphatic rings. The van der Waals surface area contributed by atoms with Gasteiger partial charge in [0, 0.05) is 22.1 Å². The minimum Gasteiger partial charge on any atom is -0.301 e. The van der Waals surface area contributed by atoms with Gasteiger partial charge in [0.1, 0.15) is 0 Å². The van der Waals surface area contributed by atoms with Crippen LogP contribution in [0.1, 0.15) is 62.1 Å². The lowest BCUT2D eigenvalue weighted by atomic mass is 9.72. The first-order valence-corrected chi connectivity index (χ1v) is 8.89. The SMILES string of the molecule is CC(C)(C)NC(C1=CC(C)(C)c2ccccc2C1=O)c1ccccc1. The van der Waals surface area contributed by atoms with Crippen LogP contribution in [-0.4, -0.2) is 11.3 Å². The molecule has 0 saturated heterocycles. The molecule has 1 aliphatic carbocycles. The molecule has 0 aromatic heterocycles. The summed E-state index contributed by atoms with van der Waals surface area (Å²) in [7, 11) is 0. The number of benzene rings is 2. The van der Waals surface area contributed by atoms with Crippen LogP contribution in [0.3, 0.4) is 0 Å². The van der Waals surface area contributed by atoms with Crippen LogP contribution in [0.15, 0.2) is 66.2 Å². The monoisotopic (exact) mass is 333 g/mol. The maximum absolute atomic E-state index is 13.3. The molecule has 0 spiro atoms. The van der Waals surface area contributed by atoms with Crippen LogP contribution in [0, 0.1) is 0 Å². The third-order valence-electron chi connectivity index (χ3n) is 4.67. The Hall–Kier alpha value is -2.19. The summed E-state index contributed by atoms with van der Waals surface area (Å²) in [6.45, 7) is 10.8. The first-order valence-electron chi connectivity index (χ1n) is 8.89. The molecule has 2 nitrogen and oxygen atoms in total. The standard InChI is InChI=1S/C23H27NO/c1-22(2,3)24-20(16-11-7-6-8-12-16)18-15-23(4,5)19-14-10-9-13-17(19)21(18)25/h6-15,20,24H,1-5H3. The van der Waals surface area contributed by atoms with Crippen molar-refractivity contribution in [2.24, 2.45) is 0 Å². The zero-order valence-electron chi connectivity index (χ0n) is 15.8. The van der Waals surface area contributed by atoms with Gasteiger partial charge in [0.2, 0.25) is 0 Å². The lowest BCUT2D eigenvalue weighted by molar-refractivity contribution is 0.101. The molecule has 1 atom stereocenters. The fraction of sp³-hybridized carbons (Fsp3) is 0.348. The Bertz CT molecular complexity index is 809. The van der Waals surface area contributed by atoms with E-state index in [1.165, 1.54) is 0 Å². The summed E-state index contributed by atoms with van der Waals surface area (Å²) in [5, 5.41) is 3.65. The number of nitrogens with one attached hydrogen (secondary N) is 1. The predicted octanol–water partition coefficient (Wildman–Crippen LogP) is 5.22. The van der Waals surface area contributed by atoms with E-state index < -0.39 is 0 Å². The maximum Gasteiger partial charge on any atom is 0.190 e. The Morgan fingerprint density at radius 3 is 2.16 bits per heavy atom. The van der Waals surface area contributed by atoms with Gasteiger partial charge in [-0.25, -0.2) is 0 Å². The van der Waals surface area contributed by atoms with Gasteiger partial charge in [0.05, 0.1) is 6.04 Å². The first kappa shape index (κ1) is 17.6. The summed E-state index contributed by atoms with van der Waals surface area (Å²) in [5.74, 6) is 0.125. The zero-order chi connectivity index (χ0) is 18.2. The van der Waals surface area contributed by atoms with Crippen LogP contribution >= 0.6 is 0 Å². The molecule has 0 fully saturated rings. The number of carbonyl (C=O) groups is 1. The molecule has 0 aliphatic heterocycles. The van der Waals surface area contributed by atoms with Crippen LogP contribution in [0.5, 0.6) is 0 Å². The fourth-order valence-electron chi connectivity index (χ4n) is 3.56. The van der Waals surface area contributed by atoms with Gasteiger partial charge in [0.15, 0.2) is 5.78 Å². The number of hydrogen-bond acceptors (Lipinski definition) is 2. The average Bonchev–Trinajstić information content (AvgIpc) is 2.56. The van der Waals surface area contributed by atoms with Gasteiger partial charge in [0.25, 0.3) is 0 Å². The number of fused-ring (bicyclic) bond motifs is 1. The van der Waals surface area contributed by atoms with Crippen LogP contribution in [0.25, 0.3) is 0 Å². The molecule has 2 aromatic carbocycles. The van der Waals surface area contributed by atoms with Crippen molar-refractivity contribution in [1.29, 1.82) is 0 Å². The molecule has 25 heavy (non-hydrogen) atoms. The highest BCUT2D eigenvalue weighted by atomic mass is 16.1. The molecule has 0 heterocycles. The van der Waals surface area contributed by atoms with Crippen molar-refractivity contribution < 1.29 is 4.79 Å². The Balaban J connectivity index is 2.13. The summed E-state index contributed by atoms with van der Waals surface area (Å²) in [5.41, 5.74) is 3.60. The highest BCUT2D eigenvalue weighted by molar-refractivity contribution is 6.12. The maximum atomic E-state index is 13.3. The van der Waals surface area contributed by atoms with Crippen molar-refractivity contribution in [2.75, 3.05) is 0 Å². The molecule has 3 rings (SSSR count). The molecule has 0 bridgehead atoms. The van der Waals surface area contributed by atoms with E-state index in [1.807, 2.05) is 36.4 Å². The van der Waals surface area contributed by atoms with Crippen molar-refractivity contribution in [1.82, 2.24) is 5.32 Å². The molecular formula is C23H27NO. The minimum absolute atomic E-state index is 0.108. The van der Waals surface area contributed by atoms with E-state index in [9.17, 15) is 4.79 Å². The lowest BCUT2D eigenvalue weighted by Crippen LogP contribution is -2.42. The molecule has 0 amide bonds. The van der Waals surface area contributed by atoms with E-state index in [0.717, 1.165) is 22.3 Å². The molecule has 1 unspecified atom stereocenters. The third kappa shape index (κ3) is 3.59. The van der Waals surface area contributed by atoms with E-state index in [-0.39, 0.29) is 22.8 Å². The predicted molar refractivity (Wildman–Crippen MR) is 104 cm³/mol. The van der Waals surface area contributed by atoms with E-state index in [4.69, 9.17) is 0 Å². The summed E-state index contributed by atoms with van der Waals surface area (Å²) in [4.78, 5) is 13.3. The topological polar surface area (TPSA) is 29.1 Å². The van der Waals surface area contributed by atoms with E-state index in [1.54, 1.807) is 0 Å². The largest absolute Gasteiger partial charge is 0.301 e. The smallest absolute Gasteiger partial charge is 0.190 e. The van der Waals surface area contributed by atoms with Gasteiger partial charge in [-0.15, -0.1) is 0 Å². The Morgan fingerprint density at radius 2 is 1.52 bits per heavy atom. The number of carbonyl (C=O) groups excluding carboxylic acids is 1. The van der Waals surface area contributed by atoms with E-state index in [0.29, 0.717) is 0 Å². The van der Waals surface area contributed by atoms with Crippen molar-refractivity contribution in [3.8, 4) is 0 Å². The quantitative estimate of drug-likeness (QED) is 0.834. The van der Waals surface area contributed by atoms with Gasteiger partial charge in [-0.2, -0.15) is 0 Å². The minimum atomic E-state index is -0.174.